The van der Waals surface area contributed by atoms with Gasteiger partial charge < -0.3 is 10.3 Å². The largest absolute Gasteiger partial charge is 0.351 e. The summed E-state index contributed by atoms with van der Waals surface area (Å²) in [6.45, 7) is 4.48. The van der Waals surface area contributed by atoms with E-state index in [1.807, 2.05) is 24.3 Å². The minimum Gasteiger partial charge on any atom is -0.351 e. The number of halogens is 1. The molecule has 144 valence electrons. The number of hydrogen-bond acceptors (Lipinski definition) is 4. The summed E-state index contributed by atoms with van der Waals surface area (Å²) in [7, 11) is 0. The first kappa shape index (κ1) is 20.4. The maximum atomic E-state index is 12.5. The van der Waals surface area contributed by atoms with Gasteiger partial charge in [0.05, 0.1) is 10.9 Å². The molecule has 0 spiro atoms. The quantitative estimate of drug-likeness (QED) is 0.251. The summed E-state index contributed by atoms with van der Waals surface area (Å²) in [6.07, 6.45) is 1.61. The van der Waals surface area contributed by atoms with Crippen LogP contribution in [-0.4, -0.2) is 27.8 Å². The van der Waals surface area contributed by atoms with Gasteiger partial charge in [-0.25, -0.2) is 0 Å². The number of H-pyrrole nitrogens is 1. The first-order valence-corrected chi connectivity index (χ1v) is 10.3. The summed E-state index contributed by atoms with van der Waals surface area (Å²) >= 11 is 12.7. The summed E-state index contributed by atoms with van der Waals surface area (Å²) in [6, 6.07) is 12.5. The Morgan fingerprint density at radius 1 is 1.29 bits per heavy atom. The zero-order chi connectivity index (χ0) is 20.1. The zero-order valence-corrected chi connectivity index (χ0v) is 17.3. The van der Waals surface area contributed by atoms with E-state index in [2.05, 4.69) is 16.9 Å². The van der Waals surface area contributed by atoms with Crippen molar-refractivity contribution in [3.8, 4) is 0 Å². The van der Waals surface area contributed by atoms with Crippen LogP contribution in [0, 0.1) is 4.77 Å². The second-order valence-electron chi connectivity index (χ2n) is 5.95. The molecule has 0 unspecified atom stereocenters. The Bertz CT molecular complexity index is 1140. The van der Waals surface area contributed by atoms with Gasteiger partial charge in [0.25, 0.3) is 11.5 Å². The van der Waals surface area contributed by atoms with Crippen molar-refractivity contribution in [1.29, 1.82) is 0 Å². The number of nitrogens with zero attached hydrogens (tertiary/aromatic N) is 1. The lowest BCUT2D eigenvalue weighted by Gasteiger charge is -2.08. The fourth-order valence-corrected chi connectivity index (χ4v) is 3.82. The van der Waals surface area contributed by atoms with Crippen LogP contribution in [-0.2, 0) is 6.54 Å². The van der Waals surface area contributed by atoms with Gasteiger partial charge in [-0.15, -0.1) is 18.3 Å². The van der Waals surface area contributed by atoms with Gasteiger partial charge in [0, 0.05) is 34.3 Å². The number of carbonyl (C=O) groups is 1. The number of amides is 1. The van der Waals surface area contributed by atoms with Gasteiger partial charge in [-0.2, -0.15) is 0 Å². The van der Waals surface area contributed by atoms with Crippen molar-refractivity contribution in [2.24, 2.45) is 0 Å². The van der Waals surface area contributed by atoms with Gasteiger partial charge in [0.15, 0.2) is 4.77 Å². The summed E-state index contributed by atoms with van der Waals surface area (Å²) in [5.41, 5.74) is 0.805. The second kappa shape index (κ2) is 9.23. The van der Waals surface area contributed by atoms with Gasteiger partial charge in [-0.3, -0.25) is 14.2 Å². The minimum absolute atomic E-state index is 0.201. The molecule has 0 bridgehead atoms. The lowest BCUT2D eigenvalue weighted by Crippen LogP contribution is -2.26. The summed E-state index contributed by atoms with van der Waals surface area (Å²) in [4.78, 5) is 29.0. The molecule has 0 saturated heterocycles. The Balaban J connectivity index is 1.67. The van der Waals surface area contributed by atoms with E-state index in [0.717, 1.165) is 10.6 Å². The van der Waals surface area contributed by atoms with E-state index >= 15 is 0 Å². The molecule has 0 radical (unpaired) electrons. The normalized spacial score (nSPS) is 10.8. The third-order valence-electron chi connectivity index (χ3n) is 4.03. The average molecular weight is 432 g/mol. The molecule has 0 fully saturated rings. The maximum absolute atomic E-state index is 12.5. The van der Waals surface area contributed by atoms with E-state index in [-0.39, 0.29) is 11.5 Å². The highest BCUT2D eigenvalue weighted by Crippen LogP contribution is 2.19. The number of nitrogens with one attached hydrogen (secondary N) is 2. The van der Waals surface area contributed by atoms with Crippen molar-refractivity contribution in [2.75, 3.05) is 12.3 Å². The Kier molecular flexibility index (Phi) is 6.72. The van der Waals surface area contributed by atoms with E-state index in [0.29, 0.717) is 39.3 Å². The molecule has 2 N–H and O–H groups in total. The molecule has 5 nitrogen and oxygen atoms in total. The van der Waals surface area contributed by atoms with Crippen molar-refractivity contribution in [3.63, 3.8) is 0 Å². The number of aromatic nitrogens is 2. The lowest BCUT2D eigenvalue weighted by molar-refractivity contribution is 0.0956. The van der Waals surface area contributed by atoms with Crippen LogP contribution in [0.1, 0.15) is 10.4 Å². The van der Waals surface area contributed by atoms with Crippen LogP contribution in [0.25, 0.3) is 10.9 Å². The van der Waals surface area contributed by atoms with Crippen molar-refractivity contribution >= 4 is 52.4 Å². The van der Waals surface area contributed by atoms with Crippen molar-refractivity contribution in [3.05, 3.63) is 80.8 Å². The van der Waals surface area contributed by atoms with E-state index in [9.17, 15) is 9.59 Å². The lowest BCUT2D eigenvalue weighted by atomic mass is 10.1. The minimum atomic E-state index is -0.204. The van der Waals surface area contributed by atoms with Crippen LogP contribution in [0.5, 0.6) is 0 Å². The first-order valence-electron chi connectivity index (χ1n) is 8.54. The smallest absolute Gasteiger partial charge is 0.262 e. The maximum Gasteiger partial charge on any atom is 0.262 e. The van der Waals surface area contributed by atoms with Crippen molar-refractivity contribution in [1.82, 2.24) is 14.9 Å². The highest BCUT2D eigenvalue weighted by Gasteiger charge is 2.10. The fraction of sp³-hybridized carbons (Fsp3) is 0.150. The van der Waals surface area contributed by atoms with Crippen LogP contribution in [0.4, 0.5) is 0 Å². The number of carbonyl (C=O) groups excluding carboxylic acids is 1. The zero-order valence-electron chi connectivity index (χ0n) is 14.9. The molecule has 8 heteroatoms. The number of fused-ring (bicyclic) bond motifs is 1. The number of allylic oxidation sites excluding steroid dienone is 1. The molecule has 0 atom stereocenters. The average Bonchev–Trinajstić information content (AvgIpc) is 2.69. The Morgan fingerprint density at radius 3 is 2.75 bits per heavy atom. The number of hydrogen-bond donors (Lipinski definition) is 2. The Hall–Kier alpha value is -2.35. The van der Waals surface area contributed by atoms with Gasteiger partial charge in [-0.05, 0) is 54.7 Å². The summed E-state index contributed by atoms with van der Waals surface area (Å²) < 4.78 is 1.73. The molecule has 0 aliphatic carbocycles. The molecule has 28 heavy (non-hydrogen) atoms. The van der Waals surface area contributed by atoms with Crippen LogP contribution in [0.15, 0.2) is 64.8 Å². The van der Waals surface area contributed by atoms with Crippen molar-refractivity contribution < 1.29 is 4.79 Å². The Labute approximate surface area is 176 Å². The Morgan fingerprint density at radius 2 is 2.04 bits per heavy atom. The van der Waals surface area contributed by atoms with Crippen LogP contribution in [0.3, 0.4) is 0 Å². The number of thioether (sulfide) groups is 1. The van der Waals surface area contributed by atoms with Crippen LogP contribution in [0.2, 0.25) is 5.02 Å². The molecule has 0 saturated carbocycles. The molecule has 1 heterocycles. The van der Waals surface area contributed by atoms with E-state index in [1.54, 1.807) is 36.0 Å². The monoisotopic (exact) mass is 431 g/mol. The highest BCUT2D eigenvalue weighted by molar-refractivity contribution is 7.99. The molecular formula is C20H18ClN3O2S2. The second-order valence-corrected chi connectivity index (χ2v) is 7.94. The molecule has 1 aromatic heterocycles. The van der Waals surface area contributed by atoms with Crippen LogP contribution < -0.4 is 10.9 Å². The van der Waals surface area contributed by atoms with Crippen molar-refractivity contribution in [2.45, 2.75) is 11.4 Å². The van der Waals surface area contributed by atoms with Crippen LogP contribution >= 0.6 is 35.6 Å². The predicted octanol–water partition coefficient (Wildman–Crippen LogP) is 4.42. The fourth-order valence-electron chi connectivity index (χ4n) is 2.66. The molecule has 1 amide bonds. The van der Waals surface area contributed by atoms with Gasteiger partial charge in [0.2, 0.25) is 0 Å². The van der Waals surface area contributed by atoms with Gasteiger partial charge in [0.1, 0.15) is 0 Å². The van der Waals surface area contributed by atoms with Gasteiger partial charge in [-0.1, -0.05) is 17.7 Å². The SMILES string of the molecule is C=CCn1c(=S)[nH]c2cc(C(=O)NCCSc3ccc(Cl)cc3)ccc2c1=O. The van der Waals surface area contributed by atoms with E-state index in [4.69, 9.17) is 23.8 Å². The first-order chi connectivity index (χ1) is 13.5. The molecule has 0 aliphatic heterocycles. The van der Waals surface area contributed by atoms with E-state index in [1.165, 1.54) is 4.57 Å². The van der Waals surface area contributed by atoms with E-state index < -0.39 is 0 Å². The summed E-state index contributed by atoms with van der Waals surface area (Å²) in [5, 5.41) is 4.06. The number of rotatable bonds is 7. The topological polar surface area (TPSA) is 66.9 Å². The predicted molar refractivity (Wildman–Crippen MR) is 118 cm³/mol. The third kappa shape index (κ3) is 4.73. The molecule has 0 aliphatic rings. The molecule has 3 aromatic rings. The van der Waals surface area contributed by atoms with Gasteiger partial charge >= 0.3 is 0 Å². The highest BCUT2D eigenvalue weighted by atomic mass is 35.5. The standard InChI is InChI=1S/C20H18ClN3O2S2/c1-2-10-24-19(26)16-8-3-13(12-17(16)23-20(24)27)18(25)22-9-11-28-15-6-4-14(21)5-7-15/h2-8,12H,1,9-11H2,(H,22,25)(H,23,27). The third-order valence-corrected chi connectivity index (χ3v) is 5.61. The molecule has 3 rings (SSSR count). The number of benzene rings is 2. The molecule has 2 aromatic carbocycles. The summed E-state index contributed by atoms with van der Waals surface area (Å²) in [5.74, 6) is 0.531. The number of aromatic amines is 1. The molecular weight excluding hydrogens is 414 g/mol.